The first kappa shape index (κ1) is 11.9. The fourth-order valence-corrected chi connectivity index (χ4v) is 1.71. The van der Waals surface area contributed by atoms with Crippen LogP contribution in [0.25, 0.3) is 0 Å². The zero-order chi connectivity index (χ0) is 10.2. The van der Waals surface area contributed by atoms with Crippen molar-refractivity contribution in [2.24, 2.45) is 0 Å². The van der Waals surface area contributed by atoms with E-state index in [4.69, 9.17) is 9.84 Å². The summed E-state index contributed by atoms with van der Waals surface area (Å²) >= 11 is 0. The molecule has 1 aliphatic heterocycles. The fourth-order valence-electron chi connectivity index (χ4n) is 1.71. The molecule has 2 N–H and O–H groups in total. The third-order valence-corrected chi connectivity index (χ3v) is 2.61. The third kappa shape index (κ3) is 4.37. The summed E-state index contributed by atoms with van der Waals surface area (Å²) in [5, 5.41) is 12.3. The van der Waals surface area contributed by atoms with E-state index in [1.165, 1.54) is 0 Å². The number of aliphatic hydroxyl groups excluding tert-OH is 1. The number of hydrogen-bond donors (Lipinski definition) is 2. The van der Waals surface area contributed by atoms with Gasteiger partial charge in [-0.15, -0.1) is 0 Å². The zero-order valence-electron chi connectivity index (χ0n) is 9.04. The van der Waals surface area contributed by atoms with E-state index in [0.29, 0.717) is 0 Å². The molecule has 1 heterocycles. The summed E-state index contributed by atoms with van der Waals surface area (Å²) in [7, 11) is 0. The van der Waals surface area contributed by atoms with Crippen LogP contribution < -0.4 is 5.32 Å². The van der Waals surface area contributed by atoms with Gasteiger partial charge in [0, 0.05) is 19.1 Å². The topological polar surface area (TPSA) is 44.7 Å². The van der Waals surface area contributed by atoms with Crippen molar-refractivity contribution in [3.8, 4) is 0 Å². The minimum Gasteiger partial charge on any atom is -0.395 e. The lowest BCUT2D eigenvalue weighted by Crippen LogP contribution is -2.41. The molecule has 0 radical (unpaired) electrons. The van der Waals surface area contributed by atoms with Gasteiger partial charge in [-0.2, -0.15) is 0 Å². The molecule has 0 amide bonds. The van der Waals surface area contributed by atoms with E-state index < -0.39 is 0 Å². The Bertz CT molecular complexity index is 133. The summed E-state index contributed by atoms with van der Waals surface area (Å²) in [4.78, 5) is 2.39. The molecule has 0 bridgehead atoms. The summed E-state index contributed by atoms with van der Waals surface area (Å²) < 4.78 is 5.27. The highest BCUT2D eigenvalue weighted by atomic mass is 16.5. The predicted molar refractivity (Wildman–Crippen MR) is 56.4 cm³/mol. The van der Waals surface area contributed by atoms with E-state index in [-0.39, 0.29) is 12.6 Å². The van der Waals surface area contributed by atoms with Crippen LogP contribution in [0.4, 0.5) is 0 Å². The molecule has 1 atom stereocenters. The largest absolute Gasteiger partial charge is 0.395 e. The molecule has 0 spiro atoms. The minimum atomic E-state index is 0.234. The van der Waals surface area contributed by atoms with Crippen LogP contribution in [0.5, 0.6) is 0 Å². The Kier molecular flexibility index (Phi) is 6.10. The Hall–Kier alpha value is -0.160. The first-order valence-electron chi connectivity index (χ1n) is 5.51. The monoisotopic (exact) mass is 202 g/mol. The predicted octanol–water partition coefficient (Wildman–Crippen LogP) is -0.321. The molecule has 14 heavy (non-hydrogen) atoms. The number of likely N-dealkylation sites (N-methyl/N-ethyl adjacent to an activating group) is 1. The number of aliphatic hydroxyl groups is 1. The highest BCUT2D eigenvalue weighted by Gasteiger charge is 2.12. The minimum absolute atomic E-state index is 0.234. The van der Waals surface area contributed by atoms with Gasteiger partial charge in [-0.1, -0.05) is 6.92 Å². The van der Waals surface area contributed by atoms with E-state index >= 15 is 0 Å². The average Bonchev–Trinajstić information content (AvgIpc) is 2.25. The second-order valence-corrected chi connectivity index (χ2v) is 3.68. The first-order chi connectivity index (χ1) is 6.86. The van der Waals surface area contributed by atoms with Crippen LogP contribution in [0.2, 0.25) is 0 Å². The van der Waals surface area contributed by atoms with Crippen molar-refractivity contribution in [3.63, 3.8) is 0 Å². The summed E-state index contributed by atoms with van der Waals surface area (Å²) in [5.41, 5.74) is 0. The Balaban J connectivity index is 2.10. The van der Waals surface area contributed by atoms with Crippen LogP contribution in [0, 0.1) is 0 Å². The van der Waals surface area contributed by atoms with Gasteiger partial charge in [0.25, 0.3) is 0 Å². The van der Waals surface area contributed by atoms with Crippen molar-refractivity contribution >= 4 is 0 Å². The maximum absolute atomic E-state index is 9.08. The maximum Gasteiger partial charge on any atom is 0.0594 e. The molecular weight excluding hydrogens is 180 g/mol. The molecule has 1 fully saturated rings. The zero-order valence-corrected chi connectivity index (χ0v) is 9.04. The van der Waals surface area contributed by atoms with Gasteiger partial charge in [-0.3, -0.25) is 4.90 Å². The van der Waals surface area contributed by atoms with Crippen molar-refractivity contribution in [1.29, 1.82) is 0 Å². The lowest BCUT2D eigenvalue weighted by Gasteiger charge is -2.28. The fraction of sp³-hybridized carbons (Fsp3) is 1.00. The molecule has 1 saturated heterocycles. The molecule has 4 nitrogen and oxygen atoms in total. The summed E-state index contributed by atoms with van der Waals surface area (Å²) in [6.45, 7) is 8.05. The number of morpholine rings is 1. The Morgan fingerprint density at radius 2 is 2.14 bits per heavy atom. The van der Waals surface area contributed by atoms with Gasteiger partial charge in [-0.25, -0.2) is 0 Å². The molecule has 4 heteroatoms. The maximum atomic E-state index is 9.08. The summed E-state index contributed by atoms with van der Waals surface area (Å²) in [6, 6.07) is 0.253. The number of rotatable bonds is 6. The van der Waals surface area contributed by atoms with Crippen LogP contribution >= 0.6 is 0 Å². The van der Waals surface area contributed by atoms with Crippen molar-refractivity contribution in [3.05, 3.63) is 0 Å². The molecule has 84 valence electrons. The van der Waals surface area contributed by atoms with Crippen molar-refractivity contribution in [2.45, 2.75) is 19.4 Å². The van der Waals surface area contributed by atoms with Gasteiger partial charge in [0.2, 0.25) is 0 Å². The molecule has 1 unspecified atom stereocenters. The molecule has 0 aliphatic carbocycles. The Morgan fingerprint density at radius 1 is 1.43 bits per heavy atom. The molecule has 0 saturated carbocycles. The first-order valence-corrected chi connectivity index (χ1v) is 5.51. The second-order valence-electron chi connectivity index (χ2n) is 3.68. The van der Waals surface area contributed by atoms with Gasteiger partial charge in [0.05, 0.1) is 19.8 Å². The van der Waals surface area contributed by atoms with Gasteiger partial charge < -0.3 is 15.2 Å². The van der Waals surface area contributed by atoms with Crippen molar-refractivity contribution < 1.29 is 9.84 Å². The van der Waals surface area contributed by atoms with Crippen LogP contribution in [0.15, 0.2) is 0 Å². The van der Waals surface area contributed by atoms with Gasteiger partial charge in [0.1, 0.15) is 0 Å². The molecule has 1 rings (SSSR count). The average molecular weight is 202 g/mol. The summed E-state index contributed by atoms with van der Waals surface area (Å²) in [6.07, 6.45) is 1.02. The van der Waals surface area contributed by atoms with Crippen molar-refractivity contribution in [2.75, 3.05) is 46.0 Å². The van der Waals surface area contributed by atoms with Gasteiger partial charge >= 0.3 is 0 Å². The van der Waals surface area contributed by atoms with E-state index in [9.17, 15) is 0 Å². The van der Waals surface area contributed by atoms with E-state index in [2.05, 4.69) is 17.1 Å². The Labute approximate surface area is 86.2 Å². The number of nitrogens with zero attached hydrogens (tertiary/aromatic N) is 1. The SMILES string of the molecule is CCNC(CO)CCN1CCOCC1. The van der Waals surface area contributed by atoms with E-state index in [1.807, 2.05) is 0 Å². The number of hydrogen-bond acceptors (Lipinski definition) is 4. The van der Waals surface area contributed by atoms with Crippen LogP contribution in [-0.2, 0) is 4.74 Å². The highest BCUT2D eigenvalue weighted by molar-refractivity contribution is 4.69. The second kappa shape index (κ2) is 7.17. The van der Waals surface area contributed by atoms with E-state index in [0.717, 1.165) is 45.8 Å². The highest BCUT2D eigenvalue weighted by Crippen LogP contribution is 2.00. The smallest absolute Gasteiger partial charge is 0.0594 e. The quantitative estimate of drug-likeness (QED) is 0.619. The molecule has 0 aromatic heterocycles. The number of ether oxygens (including phenoxy) is 1. The van der Waals surface area contributed by atoms with Crippen LogP contribution in [0.1, 0.15) is 13.3 Å². The normalized spacial score (nSPS) is 21.0. The van der Waals surface area contributed by atoms with Crippen molar-refractivity contribution in [1.82, 2.24) is 10.2 Å². The third-order valence-electron chi connectivity index (χ3n) is 2.61. The van der Waals surface area contributed by atoms with E-state index in [1.54, 1.807) is 0 Å². The molecule has 0 aromatic carbocycles. The van der Waals surface area contributed by atoms with Crippen LogP contribution in [0.3, 0.4) is 0 Å². The lowest BCUT2D eigenvalue weighted by molar-refractivity contribution is 0.0352. The lowest BCUT2D eigenvalue weighted by atomic mass is 10.2. The summed E-state index contributed by atoms with van der Waals surface area (Å²) in [5.74, 6) is 0. The molecule has 1 aliphatic rings. The molecule has 0 aromatic rings. The Morgan fingerprint density at radius 3 is 2.71 bits per heavy atom. The van der Waals surface area contributed by atoms with Gasteiger partial charge in [0.15, 0.2) is 0 Å². The van der Waals surface area contributed by atoms with Gasteiger partial charge in [-0.05, 0) is 19.5 Å². The molecular formula is C10H22N2O2. The standard InChI is InChI=1S/C10H22N2O2/c1-2-11-10(9-13)3-4-12-5-7-14-8-6-12/h10-11,13H,2-9H2,1H3. The van der Waals surface area contributed by atoms with Crippen LogP contribution in [-0.4, -0.2) is 62.0 Å². The number of nitrogens with one attached hydrogen (secondary N) is 1.